The first-order valence-electron chi connectivity index (χ1n) is 6.09. The Bertz CT molecular complexity index is 383. The third-order valence-electron chi connectivity index (χ3n) is 2.62. The summed E-state index contributed by atoms with van der Waals surface area (Å²) in [7, 11) is 1.67. The van der Waals surface area contributed by atoms with Crippen LogP contribution in [-0.4, -0.2) is 39.7 Å². The molecule has 18 heavy (non-hydrogen) atoms. The number of methoxy groups -OCH3 is 1. The lowest BCUT2D eigenvalue weighted by atomic mass is 10.3. The third-order valence-corrected chi connectivity index (χ3v) is 2.62. The summed E-state index contributed by atoms with van der Waals surface area (Å²) in [5.74, 6) is 2.25. The Morgan fingerprint density at radius 2 is 2.17 bits per heavy atom. The fourth-order valence-electron chi connectivity index (χ4n) is 1.77. The van der Waals surface area contributed by atoms with Crippen molar-refractivity contribution in [3.05, 3.63) is 18.2 Å². The second-order valence-corrected chi connectivity index (χ2v) is 4.02. The van der Waals surface area contributed by atoms with Crippen LogP contribution >= 0.6 is 0 Å². The summed E-state index contributed by atoms with van der Waals surface area (Å²) >= 11 is 0. The number of fused-ring (bicyclic) bond motifs is 1. The Morgan fingerprint density at radius 1 is 1.33 bits per heavy atom. The van der Waals surface area contributed by atoms with Gasteiger partial charge in [0.2, 0.25) is 6.79 Å². The van der Waals surface area contributed by atoms with E-state index in [9.17, 15) is 0 Å². The first-order valence-corrected chi connectivity index (χ1v) is 6.09. The van der Waals surface area contributed by atoms with Gasteiger partial charge in [0.25, 0.3) is 0 Å². The number of likely N-dealkylation sites (N-methyl/N-ethyl adjacent to an activating group) is 1. The normalized spacial score (nSPS) is 14.6. The topological polar surface area (TPSA) is 49.0 Å². The lowest BCUT2D eigenvalue weighted by molar-refractivity contribution is 0.0808. The van der Waals surface area contributed by atoms with Gasteiger partial charge in [-0.3, -0.25) is 0 Å². The highest BCUT2D eigenvalue weighted by atomic mass is 16.7. The molecule has 0 fully saturated rings. The molecule has 0 saturated carbocycles. The first kappa shape index (κ1) is 13.0. The average molecular weight is 253 g/mol. The van der Waals surface area contributed by atoms with Crippen LogP contribution in [0.3, 0.4) is 0 Å². The van der Waals surface area contributed by atoms with E-state index in [0.29, 0.717) is 6.61 Å². The highest BCUT2D eigenvalue weighted by molar-refractivity contribution is 5.46. The SMILES string of the molecule is CCNCC(COC)Oc1ccc2c(c1)OCO2. The standard InChI is InChI=1S/C13H19NO4/c1-3-14-7-11(8-15-2)18-10-4-5-12-13(6-10)17-9-16-12/h4-6,11,14H,3,7-9H2,1-2H3. The molecular formula is C13H19NO4. The highest BCUT2D eigenvalue weighted by Gasteiger charge is 2.16. The summed E-state index contributed by atoms with van der Waals surface area (Å²) in [5.41, 5.74) is 0. The van der Waals surface area contributed by atoms with Gasteiger partial charge in [-0.1, -0.05) is 6.92 Å². The molecule has 0 aromatic heterocycles. The van der Waals surface area contributed by atoms with Crippen LogP contribution in [0.5, 0.6) is 17.2 Å². The van der Waals surface area contributed by atoms with Gasteiger partial charge >= 0.3 is 0 Å². The molecule has 0 bridgehead atoms. The summed E-state index contributed by atoms with van der Waals surface area (Å²) in [6.07, 6.45) is -0.0182. The minimum Gasteiger partial charge on any atom is -0.487 e. The molecule has 0 aliphatic carbocycles. The van der Waals surface area contributed by atoms with Crippen molar-refractivity contribution in [3.63, 3.8) is 0 Å². The molecule has 1 heterocycles. The molecule has 1 aliphatic heterocycles. The first-order chi connectivity index (χ1) is 8.83. The molecule has 1 aromatic carbocycles. The Labute approximate surface area is 107 Å². The maximum atomic E-state index is 5.86. The predicted molar refractivity (Wildman–Crippen MR) is 67.4 cm³/mol. The Hall–Kier alpha value is -1.46. The predicted octanol–water partition coefficient (Wildman–Crippen LogP) is 1.42. The van der Waals surface area contributed by atoms with Crippen molar-refractivity contribution in [1.29, 1.82) is 0 Å². The lowest BCUT2D eigenvalue weighted by Crippen LogP contribution is -2.34. The summed E-state index contributed by atoms with van der Waals surface area (Å²) in [6, 6.07) is 5.58. The van der Waals surface area contributed by atoms with E-state index in [-0.39, 0.29) is 12.9 Å². The van der Waals surface area contributed by atoms with E-state index in [1.807, 2.05) is 18.2 Å². The van der Waals surface area contributed by atoms with E-state index in [1.54, 1.807) is 7.11 Å². The molecule has 5 nitrogen and oxygen atoms in total. The number of hydrogen-bond acceptors (Lipinski definition) is 5. The summed E-state index contributed by atoms with van der Waals surface area (Å²) in [4.78, 5) is 0. The fraction of sp³-hybridized carbons (Fsp3) is 0.538. The number of ether oxygens (including phenoxy) is 4. The molecule has 1 atom stereocenters. The maximum absolute atomic E-state index is 5.86. The Morgan fingerprint density at radius 3 is 2.94 bits per heavy atom. The van der Waals surface area contributed by atoms with Gasteiger partial charge in [0.15, 0.2) is 11.5 Å². The molecule has 0 radical (unpaired) electrons. The molecule has 0 spiro atoms. The minimum absolute atomic E-state index is 0.0182. The van der Waals surface area contributed by atoms with Gasteiger partial charge in [0.1, 0.15) is 11.9 Å². The molecule has 2 rings (SSSR count). The van der Waals surface area contributed by atoms with Crippen LogP contribution in [0.15, 0.2) is 18.2 Å². The van der Waals surface area contributed by atoms with E-state index in [1.165, 1.54) is 0 Å². The van der Waals surface area contributed by atoms with Gasteiger partial charge in [-0.2, -0.15) is 0 Å². The van der Waals surface area contributed by atoms with Gasteiger partial charge < -0.3 is 24.3 Å². The van der Waals surface area contributed by atoms with Crippen molar-refractivity contribution >= 4 is 0 Å². The van der Waals surface area contributed by atoms with Gasteiger partial charge in [0.05, 0.1) is 6.61 Å². The fourth-order valence-corrected chi connectivity index (χ4v) is 1.77. The second-order valence-electron chi connectivity index (χ2n) is 4.02. The van der Waals surface area contributed by atoms with E-state index in [4.69, 9.17) is 18.9 Å². The van der Waals surface area contributed by atoms with Crippen molar-refractivity contribution in [3.8, 4) is 17.2 Å². The monoisotopic (exact) mass is 253 g/mol. The Kier molecular flexibility index (Phi) is 4.66. The van der Waals surface area contributed by atoms with Gasteiger partial charge in [-0.15, -0.1) is 0 Å². The van der Waals surface area contributed by atoms with Gasteiger partial charge in [-0.25, -0.2) is 0 Å². The molecule has 1 aromatic rings. The molecule has 5 heteroatoms. The third kappa shape index (κ3) is 3.27. The van der Waals surface area contributed by atoms with Gasteiger partial charge in [-0.05, 0) is 18.7 Å². The number of rotatable bonds is 7. The van der Waals surface area contributed by atoms with E-state index < -0.39 is 0 Å². The zero-order valence-electron chi connectivity index (χ0n) is 10.8. The minimum atomic E-state index is -0.0182. The van der Waals surface area contributed by atoms with E-state index in [0.717, 1.165) is 30.3 Å². The van der Waals surface area contributed by atoms with E-state index >= 15 is 0 Å². The molecule has 1 aliphatic rings. The summed E-state index contributed by atoms with van der Waals surface area (Å²) in [6.45, 7) is 4.53. The van der Waals surface area contributed by atoms with Crippen molar-refractivity contribution in [2.24, 2.45) is 0 Å². The molecule has 1 unspecified atom stereocenters. The van der Waals surface area contributed by atoms with Crippen LogP contribution in [0.4, 0.5) is 0 Å². The van der Waals surface area contributed by atoms with Crippen LogP contribution in [0.2, 0.25) is 0 Å². The number of benzene rings is 1. The second kappa shape index (κ2) is 6.47. The van der Waals surface area contributed by atoms with Crippen LogP contribution in [0, 0.1) is 0 Å². The van der Waals surface area contributed by atoms with Crippen LogP contribution in [-0.2, 0) is 4.74 Å². The molecule has 100 valence electrons. The van der Waals surface area contributed by atoms with Crippen molar-refractivity contribution in [2.45, 2.75) is 13.0 Å². The van der Waals surface area contributed by atoms with Crippen molar-refractivity contribution < 1.29 is 18.9 Å². The smallest absolute Gasteiger partial charge is 0.231 e. The van der Waals surface area contributed by atoms with Crippen molar-refractivity contribution in [2.75, 3.05) is 33.6 Å². The highest BCUT2D eigenvalue weighted by Crippen LogP contribution is 2.35. The average Bonchev–Trinajstić information content (AvgIpc) is 2.83. The summed E-state index contributed by atoms with van der Waals surface area (Å²) in [5, 5.41) is 3.24. The summed E-state index contributed by atoms with van der Waals surface area (Å²) < 4.78 is 21.6. The van der Waals surface area contributed by atoms with Crippen molar-refractivity contribution in [1.82, 2.24) is 5.32 Å². The van der Waals surface area contributed by atoms with Crippen LogP contribution in [0.25, 0.3) is 0 Å². The zero-order chi connectivity index (χ0) is 12.8. The molecular weight excluding hydrogens is 234 g/mol. The van der Waals surface area contributed by atoms with Crippen LogP contribution in [0.1, 0.15) is 6.92 Å². The quantitative estimate of drug-likeness (QED) is 0.796. The maximum Gasteiger partial charge on any atom is 0.231 e. The number of hydrogen-bond donors (Lipinski definition) is 1. The Balaban J connectivity index is 1.97. The lowest BCUT2D eigenvalue weighted by Gasteiger charge is -2.18. The number of nitrogens with one attached hydrogen (secondary N) is 1. The molecule has 1 N–H and O–H groups in total. The largest absolute Gasteiger partial charge is 0.487 e. The molecule has 0 saturated heterocycles. The van der Waals surface area contributed by atoms with Crippen LogP contribution < -0.4 is 19.5 Å². The zero-order valence-corrected chi connectivity index (χ0v) is 10.8. The molecule has 0 amide bonds. The van der Waals surface area contributed by atoms with Gasteiger partial charge in [0, 0.05) is 19.7 Å². The van der Waals surface area contributed by atoms with E-state index in [2.05, 4.69) is 12.2 Å².